The van der Waals surface area contributed by atoms with Crippen LogP contribution in [0.2, 0.25) is 0 Å². The first-order valence-electron chi connectivity index (χ1n) is 6.65. The van der Waals surface area contributed by atoms with E-state index in [1.54, 1.807) is 0 Å². The van der Waals surface area contributed by atoms with Crippen molar-refractivity contribution < 1.29 is 4.79 Å². The minimum Gasteiger partial charge on any atom is -0.355 e. The number of hydrogen-bond acceptors (Lipinski definition) is 3. The van der Waals surface area contributed by atoms with Crippen LogP contribution in [0.4, 0.5) is 0 Å². The molecule has 0 rings (SSSR count). The molecule has 0 spiro atoms. The molecular formula is C13H28N2OS. The van der Waals surface area contributed by atoms with Crippen LogP contribution in [-0.4, -0.2) is 30.5 Å². The topological polar surface area (TPSA) is 55.1 Å². The van der Waals surface area contributed by atoms with Crippen molar-refractivity contribution in [2.75, 3.05) is 18.6 Å². The third kappa shape index (κ3) is 8.50. The first kappa shape index (κ1) is 16.8. The highest BCUT2D eigenvalue weighted by Crippen LogP contribution is 2.06. The third-order valence-electron chi connectivity index (χ3n) is 3.13. The van der Waals surface area contributed by atoms with Crippen LogP contribution in [-0.2, 0) is 4.79 Å². The fourth-order valence-electron chi connectivity index (χ4n) is 1.57. The van der Waals surface area contributed by atoms with Crippen molar-refractivity contribution in [3.05, 3.63) is 0 Å². The molecule has 0 unspecified atom stereocenters. The maximum absolute atomic E-state index is 11.6. The molecule has 2 atom stereocenters. The van der Waals surface area contributed by atoms with Crippen LogP contribution in [0.3, 0.4) is 0 Å². The highest BCUT2D eigenvalue weighted by atomic mass is 32.2. The van der Waals surface area contributed by atoms with Gasteiger partial charge in [-0.25, -0.2) is 0 Å². The van der Waals surface area contributed by atoms with Gasteiger partial charge in [0.15, 0.2) is 0 Å². The molecule has 4 heteroatoms. The van der Waals surface area contributed by atoms with Crippen LogP contribution < -0.4 is 11.1 Å². The summed E-state index contributed by atoms with van der Waals surface area (Å²) < 4.78 is 0. The number of unbranched alkanes of at least 4 members (excludes halogenated alkanes) is 3. The average Bonchev–Trinajstić information content (AvgIpc) is 2.35. The van der Waals surface area contributed by atoms with Gasteiger partial charge in [-0.15, -0.1) is 0 Å². The van der Waals surface area contributed by atoms with Crippen molar-refractivity contribution in [1.82, 2.24) is 5.32 Å². The molecule has 3 N–H and O–H groups in total. The van der Waals surface area contributed by atoms with Crippen LogP contribution in [0.25, 0.3) is 0 Å². The predicted molar refractivity (Wildman–Crippen MR) is 77.3 cm³/mol. The molecule has 1 amide bonds. The number of thioether (sulfide) groups is 1. The van der Waals surface area contributed by atoms with Crippen molar-refractivity contribution in [2.24, 2.45) is 11.7 Å². The summed E-state index contributed by atoms with van der Waals surface area (Å²) in [6.07, 6.45) is 7.88. The van der Waals surface area contributed by atoms with E-state index in [4.69, 9.17) is 5.73 Å². The summed E-state index contributed by atoms with van der Waals surface area (Å²) in [5.74, 6) is 1.51. The Morgan fingerprint density at radius 3 is 2.53 bits per heavy atom. The number of nitrogens with one attached hydrogen (secondary N) is 1. The van der Waals surface area contributed by atoms with Gasteiger partial charge in [-0.1, -0.05) is 33.1 Å². The van der Waals surface area contributed by atoms with Crippen molar-refractivity contribution >= 4 is 17.7 Å². The monoisotopic (exact) mass is 260 g/mol. The molecule has 102 valence electrons. The molecule has 0 bridgehead atoms. The number of rotatable bonds is 10. The molecule has 0 aliphatic carbocycles. The van der Waals surface area contributed by atoms with Crippen molar-refractivity contribution in [3.8, 4) is 0 Å². The Balaban J connectivity index is 3.45. The first-order chi connectivity index (χ1) is 8.13. The van der Waals surface area contributed by atoms with E-state index in [0.29, 0.717) is 0 Å². The second-order valence-electron chi connectivity index (χ2n) is 4.61. The maximum atomic E-state index is 11.6. The summed E-state index contributed by atoms with van der Waals surface area (Å²) >= 11 is 1.89. The van der Waals surface area contributed by atoms with Gasteiger partial charge < -0.3 is 11.1 Å². The lowest BCUT2D eigenvalue weighted by Gasteiger charge is -2.17. The third-order valence-corrected chi connectivity index (χ3v) is 3.83. The predicted octanol–water partition coefficient (Wildman–Crippen LogP) is 2.40. The molecule has 0 aromatic carbocycles. The van der Waals surface area contributed by atoms with Crippen molar-refractivity contribution in [2.45, 2.75) is 52.0 Å². The number of carbonyl (C=O) groups excluding carboxylic acids is 1. The van der Waals surface area contributed by atoms with E-state index >= 15 is 0 Å². The zero-order valence-corrected chi connectivity index (χ0v) is 12.3. The van der Waals surface area contributed by atoms with E-state index in [0.717, 1.165) is 19.4 Å². The van der Waals surface area contributed by atoms with Crippen LogP contribution in [0.15, 0.2) is 0 Å². The van der Waals surface area contributed by atoms with E-state index in [2.05, 4.69) is 18.5 Å². The summed E-state index contributed by atoms with van der Waals surface area (Å²) in [7, 11) is 0. The Bertz CT molecular complexity index is 200. The summed E-state index contributed by atoms with van der Waals surface area (Å²) in [6, 6.07) is -0.350. The summed E-state index contributed by atoms with van der Waals surface area (Å²) in [4.78, 5) is 11.6. The zero-order chi connectivity index (χ0) is 13.1. The second kappa shape index (κ2) is 10.9. The van der Waals surface area contributed by atoms with E-state index in [-0.39, 0.29) is 17.9 Å². The van der Waals surface area contributed by atoms with Crippen molar-refractivity contribution in [3.63, 3.8) is 0 Å². The molecule has 0 radical (unpaired) electrons. The number of nitrogens with two attached hydrogens (primary N) is 1. The Hall–Kier alpha value is -0.220. The summed E-state index contributed by atoms with van der Waals surface area (Å²) in [6.45, 7) is 4.85. The van der Waals surface area contributed by atoms with Gasteiger partial charge in [-0.05, 0) is 30.8 Å². The molecule has 0 aliphatic rings. The molecular weight excluding hydrogens is 232 g/mol. The maximum Gasteiger partial charge on any atom is 0.237 e. The molecule has 0 aliphatic heterocycles. The largest absolute Gasteiger partial charge is 0.355 e. The van der Waals surface area contributed by atoms with Gasteiger partial charge in [0.2, 0.25) is 5.91 Å². The van der Waals surface area contributed by atoms with Gasteiger partial charge in [-0.3, -0.25) is 4.79 Å². The number of amides is 1. The minimum absolute atomic E-state index is 0.00321. The Kier molecular flexibility index (Phi) is 10.8. The highest BCUT2D eigenvalue weighted by Gasteiger charge is 2.18. The zero-order valence-electron chi connectivity index (χ0n) is 11.5. The minimum atomic E-state index is -0.350. The van der Waals surface area contributed by atoms with Crippen molar-refractivity contribution in [1.29, 1.82) is 0 Å². The fraction of sp³-hybridized carbons (Fsp3) is 0.923. The lowest BCUT2D eigenvalue weighted by molar-refractivity contribution is -0.123. The second-order valence-corrected chi connectivity index (χ2v) is 5.59. The van der Waals surface area contributed by atoms with Crippen LogP contribution in [0.5, 0.6) is 0 Å². The number of carbonyl (C=O) groups is 1. The Morgan fingerprint density at radius 1 is 1.29 bits per heavy atom. The van der Waals surface area contributed by atoms with Crippen LogP contribution in [0, 0.1) is 5.92 Å². The average molecular weight is 260 g/mol. The molecule has 0 saturated carbocycles. The summed E-state index contributed by atoms with van der Waals surface area (Å²) in [5.41, 5.74) is 5.84. The van der Waals surface area contributed by atoms with Gasteiger partial charge in [0, 0.05) is 6.54 Å². The fourth-order valence-corrected chi connectivity index (χ4v) is 2.06. The van der Waals surface area contributed by atoms with Gasteiger partial charge in [-0.2, -0.15) is 11.8 Å². The van der Waals surface area contributed by atoms with Gasteiger partial charge in [0.1, 0.15) is 0 Å². The highest BCUT2D eigenvalue weighted by molar-refractivity contribution is 7.98. The Labute approximate surface area is 110 Å². The molecule has 0 heterocycles. The van der Waals surface area contributed by atoms with Gasteiger partial charge >= 0.3 is 0 Å². The molecule has 17 heavy (non-hydrogen) atoms. The molecule has 0 aromatic heterocycles. The van der Waals surface area contributed by atoms with Gasteiger partial charge in [0.25, 0.3) is 0 Å². The normalized spacial score (nSPS) is 14.4. The number of hydrogen-bond donors (Lipinski definition) is 2. The molecule has 0 fully saturated rings. The quantitative estimate of drug-likeness (QED) is 0.593. The Morgan fingerprint density at radius 2 is 1.94 bits per heavy atom. The lowest BCUT2D eigenvalue weighted by atomic mass is 9.99. The summed E-state index contributed by atoms with van der Waals surface area (Å²) in [5, 5.41) is 2.92. The molecule has 0 saturated heterocycles. The SMILES string of the molecule is CC[C@H](C)[C@H](N)C(=O)NCCCCCCSC. The van der Waals surface area contributed by atoms with E-state index in [1.165, 1.54) is 25.0 Å². The standard InChI is InChI=1S/C13H28N2OS/c1-4-11(2)12(14)13(16)15-9-7-5-6-8-10-17-3/h11-12H,4-10,14H2,1-3H3,(H,15,16)/t11-,12-/m0/s1. The lowest BCUT2D eigenvalue weighted by Crippen LogP contribution is -2.44. The first-order valence-corrected chi connectivity index (χ1v) is 8.05. The molecule has 0 aromatic rings. The smallest absolute Gasteiger partial charge is 0.237 e. The van der Waals surface area contributed by atoms with E-state index in [9.17, 15) is 4.79 Å². The molecule has 3 nitrogen and oxygen atoms in total. The van der Waals surface area contributed by atoms with E-state index in [1.807, 2.05) is 18.7 Å². The van der Waals surface area contributed by atoms with E-state index < -0.39 is 0 Å². The van der Waals surface area contributed by atoms with Gasteiger partial charge in [0.05, 0.1) is 6.04 Å². The van der Waals surface area contributed by atoms with Crippen LogP contribution >= 0.6 is 11.8 Å². The van der Waals surface area contributed by atoms with Crippen LogP contribution in [0.1, 0.15) is 46.0 Å².